The summed E-state index contributed by atoms with van der Waals surface area (Å²) in [4.78, 5) is 4.67. The molecule has 0 bridgehead atoms. The van der Waals surface area contributed by atoms with Crippen molar-refractivity contribution in [3.8, 4) is 5.75 Å². The Labute approximate surface area is 184 Å². The minimum absolute atomic E-state index is 0. The van der Waals surface area contributed by atoms with Crippen molar-refractivity contribution in [2.45, 2.75) is 33.4 Å². The first-order valence-corrected chi connectivity index (χ1v) is 9.21. The number of nitrogens with zero attached hydrogens (tertiary/aromatic N) is 4. The average molecular weight is 502 g/mol. The van der Waals surface area contributed by atoms with E-state index < -0.39 is 0 Å². The maximum absolute atomic E-state index is 5.38. The molecule has 1 aromatic carbocycles. The SMILES string of the molecule is CCOCCCNC(=NCc1ccc(OC)cc1)NCc1nnc(C)n1C.I. The summed E-state index contributed by atoms with van der Waals surface area (Å²) in [5.41, 5.74) is 1.11. The zero-order valence-corrected chi connectivity index (χ0v) is 19.4. The van der Waals surface area contributed by atoms with Crippen molar-refractivity contribution in [1.29, 1.82) is 0 Å². The number of hydrogen-bond donors (Lipinski definition) is 2. The summed E-state index contributed by atoms with van der Waals surface area (Å²) < 4.78 is 12.5. The van der Waals surface area contributed by atoms with Crippen molar-refractivity contribution >= 4 is 29.9 Å². The first-order valence-electron chi connectivity index (χ1n) is 9.21. The number of rotatable bonds is 10. The topological polar surface area (TPSA) is 85.6 Å². The molecule has 0 unspecified atom stereocenters. The van der Waals surface area contributed by atoms with Crippen LogP contribution in [0.5, 0.6) is 5.75 Å². The number of aromatic nitrogens is 3. The fourth-order valence-electron chi connectivity index (χ4n) is 2.37. The monoisotopic (exact) mass is 502 g/mol. The van der Waals surface area contributed by atoms with Crippen LogP contribution in [0.15, 0.2) is 29.3 Å². The molecule has 1 aromatic heterocycles. The Morgan fingerprint density at radius 3 is 2.54 bits per heavy atom. The third-order valence-corrected chi connectivity index (χ3v) is 4.14. The minimum Gasteiger partial charge on any atom is -0.497 e. The molecule has 9 heteroatoms. The molecule has 0 saturated carbocycles. The van der Waals surface area contributed by atoms with Gasteiger partial charge in [-0.2, -0.15) is 0 Å². The number of hydrogen-bond acceptors (Lipinski definition) is 5. The quantitative estimate of drug-likeness (QED) is 0.225. The molecule has 0 aliphatic carbocycles. The van der Waals surface area contributed by atoms with E-state index in [0.717, 1.165) is 55.1 Å². The predicted molar refractivity (Wildman–Crippen MR) is 121 cm³/mol. The molecule has 2 N–H and O–H groups in total. The lowest BCUT2D eigenvalue weighted by atomic mass is 10.2. The Kier molecular flexibility index (Phi) is 11.5. The van der Waals surface area contributed by atoms with Crippen molar-refractivity contribution < 1.29 is 9.47 Å². The molecule has 1 heterocycles. The number of methoxy groups -OCH3 is 1. The van der Waals surface area contributed by atoms with Gasteiger partial charge in [0, 0.05) is 26.8 Å². The van der Waals surface area contributed by atoms with Crippen molar-refractivity contribution in [3.63, 3.8) is 0 Å². The molecule has 0 fully saturated rings. The smallest absolute Gasteiger partial charge is 0.191 e. The molecule has 0 amide bonds. The van der Waals surface area contributed by atoms with Gasteiger partial charge in [0.25, 0.3) is 0 Å². The maximum atomic E-state index is 5.38. The van der Waals surface area contributed by atoms with E-state index in [-0.39, 0.29) is 24.0 Å². The van der Waals surface area contributed by atoms with Gasteiger partial charge in [-0.15, -0.1) is 34.2 Å². The number of aryl methyl sites for hydroxylation is 1. The van der Waals surface area contributed by atoms with E-state index >= 15 is 0 Å². The van der Waals surface area contributed by atoms with E-state index in [4.69, 9.17) is 9.47 Å². The number of halogens is 1. The van der Waals surface area contributed by atoms with Crippen LogP contribution in [0, 0.1) is 6.92 Å². The summed E-state index contributed by atoms with van der Waals surface area (Å²) >= 11 is 0. The first-order chi connectivity index (χ1) is 13.1. The second-order valence-electron chi connectivity index (χ2n) is 6.07. The molecule has 0 aliphatic rings. The number of aliphatic imine (C=N–C) groups is 1. The number of nitrogens with one attached hydrogen (secondary N) is 2. The van der Waals surface area contributed by atoms with Gasteiger partial charge in [0.1, 0.15) is 11.6 Å². The Bertz CT molecular complexity index is 718. The lowest BCUT2D eigenvalue weighted by molar-refractivity contribution is 0.145. The van der Waals surface area contributed by atoms with Crippen molar-refractivity contribution in [2.24, 2.45) is 12.0 Å². The molecule has 2 rings (SSSR count). The summed E-state index contributed by atoms with van der Waals surface area (Å²) in [6.07, 6.45) is 0.917. The normalized spacial score (nSPS) is 11.1. The molecule has 28 heavy (non-hydrogen) atoms. The van der Waals surface area contributed by atoms with E-state index in [2.05, 4.69) is 25.8 Å². The van der Waals surface area contributed by atoms with Gasteiger partial charge in [-0.1, -0.05) is 12.1 Å². The highest BCUT2D eigenvalue weighted by atomic mass is 127. The lowest BCUT2D eigenvalue weighted by Gasteiger charge is -2.13. The molecule has 2 aromatic rings. The summed E-state index contributed by atoms with van der Waals surface area (Å²) in [7, 11) is 3.62. The van der Waals surface area contributed by atoms with E-state index in [1.807, 2.05) is 49.7 Å². The molecule has 0 aliphatic heterocycles. The van der Waals surface area contributed by atoms with Crippen LogP contribution in [0.2, 0.25) is 0 Å². The molecular weight excluding hydrogens is 471 g/mol. The molecule has 156 valence electrons. The Hall–Kier alpha value is -1.88. The van der Waals surface area contributed by atoms with Gasteiger partial charge in [-0.05, 0) is 38.0 Å². The number of benzene rings is 1. The summed E-state index contributed by atoms with van der Waals surface area (Å²) in [6, 6.07) is 7.91. The first kappa shape index (κ1) is 24.2. The Morgan fingerprint density at radius 2 is 1.93 bits per heavy atom. The fourth-order valence-corrected chi connectivity index (χ4v) is 2.37. The summed E-state index contributed by atoms with van der Waals surface area (Å²) in [5, 5.41) is 14.9. The van der Waals surface area contributed by atoms with Crippen molar-refractivity contribution in [1.82, 2.24) is 25.4 Å². The molecule has 8 nitrogen and oxygen atoms in total. The van der Waals surface area contributed by atoms with Gasteiger partial charge >= 0.3 is 0 Å². The van der Waals surface area contributed by atoms with Crippen molar-refractivity contribution in [3.05, 3.63) is 41.5 Å². The third-order valence-electron chi connectivity index (χ3n) is 4.14. The van der Waals surface area contributed by atoms with Gasteiger partial charge < -0.3 is 24.7 Å². The van der Waals surface area contributed by atoms with Crippen LogP contribution < -0.4 is 15.4 Å². The Morgan fingerprint density at radius 1 is 1.18 bits per heavy atom. The largest absolute Gasteiger partial charge is 0.497 e. The molecule has 0 radical (unpaired) electrons. The van der Waals surface area contributed by atoms with Crippen LogP contribution in [0.1, 0.15) is 30.6 Å². The van der Waals surface area contributed by atoms with Gasteiger partial charge in [-0.25, -0.2) is 4.99 Å². The van der Waals surface area contributed by atoms with Gasteiger partial charge in [-0.3, -0.25) is 0 Å². The minimum atomic E-state index is 0. The predicted octanol–water partition coefficient (Wildman–Crippen LogP) is 2.41. The van der Waals surface area contributed by atoms with Crippen LogP contribution in [-0.2, 0) is 24.9 Å². The Balaban J connectivity index is 0.00000392. The fraction of sp³-hybridized carbons (Fsp3) is 0.526. The summed E-state index contributed by atoms with van der Waals surface area (Å²) in [6.45, 7) is 7.31. The second-order valence-corrected chi connectivity index (χ2v) is 6.07. The van der Waals surface area contributed by atoms with Crippen LogP contribution in [0.3, 0.4) is 0 Å². The zero-order chi connectivity index (χ0) is 19.5. The zero-order valence-electron chi connectivity index (χ0n) is 17.1. The average Bonchev–Trinajstić information content (AvgIpc) is 3.01. The maximum Gasteiger partial charge on any atom is 0.191 e. The second kappa shape index (κ2) is 13.3. The van der Waals surface area contributed by atoms with Crippen molar-refractivity contribution in [2.75, 3.05) is 26.9 Å². The lowest BCUT2D eigenvalue weighted by Crippen LogP contribution is -2.38. The highest BCUT2D eigenvalue weighted by Crippen LogP contribution is 2.11. The highest BCUT2D eigenvalue weighted by molar-refractivity contribution is 14.0. The van der Waals surface area contributed by atoms with Gasteiger partial charge in [0.15, 0.2) is 11.8 Å². The third kappa shape index (κ3) is 8.01. The van der Waals surface area contributed by atoms with E-state index in [1.54, 1.807) is 7.11 Å². The highest BCUT2D eigenvalue weighted by Gasteiger charge is 2.06. The van der Waals surface area contributed by atoms with Crippen LogP contribution in [0.25, 0.3) is 0 Å². The van der Waals surface area contributed by atoms with Crippen LogP contribution in [-0.4, -0.2) is 47.6 Å². The van der Waals surface area contributed by atoms with E-state index in [9.17, 15) is 0 Å². The van der Waals surface area contributed by atoms with E-state index in [1.165, 1.54) is 0 Å². The number of ether oxygens (including phenoxy) is 2. The van der Waals surface area contributed by atoms with E-state index in [0.29, 0.717) is 13.1 Å². The van der Waals surface area contributed by atoms with Crippen LogP contribution in [0.4, 0.5) is 0 Å². The van der Waals surface area contributed by atoms with Gasteiger partial charge in [0.2, 0.25) is 0 Å². The standard InChI is InChI=1S/C19H30N6O2.HI/c1-5-27-12-6-11-20-19(22-14-18-24-23-15(2)25(18)3)21-13-16-7-9-17(26-4)10-8-16;/h7-10H,5-6,11-14H2,1-4H3,(H2,20,21,22);1H. The van der Waals surface area contributed by atoms with Gasteiger partial charge in [0.05, 0.1) is 20.2 Å². The molecule has 0 saturated heterocycles. The summed E-state index contributed by atoms with van der Waals surface area (Å²) in [5.74, 6) is 3.32. The molecule has 0 atom stereocenters. The number of guanidine groups is 1. The molecule has 0 spiro atoms. The molecular formula is C19H31IN6O2. The van der Waals surface area contributed by atoms with Crippen LogP contribution >= 0.6 is 24.0 Å².